The molecular weight excluding hydrogens is 412 g/mol. The van der Waals surface area contributed by atoms with Crippen LogP contribution in [-0.2, 0) is 9.53 Å². The molecule has 31 heavy (non-hydrogen) atoms. The van der Waals surface area contributed by atoms with E-state index in [9.17, 15) is 30.0 Å². The highest BCUT2D eigenvalue weighted by Gasteiger charge is 2.48. The lowest BCUT2D eigenvalue weighted by Gasteiger charge is -2.38. The minimum absolute atomic E-state index is 0.0245. The molecule has 0 aromatic heterocycles. The number of aromatic hydroxyl groups is 1. The van der Waals surface area contributed by atoms with Crippen LogP contribution in [0.5, 0.6) is 17.2 Å². The molecule has 2 aliphatic heterocycles. The molecule has 10 heteroatoms. The van der Waals surface area contributed by atoms with Crippen LogP contribution in [0.25, 0.3) is 0 Å². The summed E-state index contributed by atoms with van der Waals surface area (Å²) < 4.78 is 16.4. The molecule has 2 heterocycles. The first-order valence-electron chi connectivity index (χ1n) is 9.47. The van der Waals surface area contributed by atoms with Crippen molar-refractivity contribution in [3.8, 4) is 17.2 Å². The second-order valence-electron chi connectivity index (χ2n) is 7.31. The van der Waals surface area contributed by atoms with E-state index in [-0.39, 0.29) is 29.3 Å². The molecule has 2 aromatic carbocycles. The van der Waals surface area contributed by atoms with Gasteiger partial charge in [-0.05, 0) is 5.56 Å². The molecule has 0 amide bonds. The number of aliphatic hydroxyl groups is 3. The van der Waals surface area contributed by atoms with Crippen molar-refractivity contribution < 1.29 is 49.3 Å². The van der Waals surface area contributed by atoms with Gasteiger partial charge in [0.25, 0.3) is 0 Å². The van der Waals surface area contributed by atoms with Crippen molar-refractivity contribution in [3.05, 3.63) is 53.6 Å². The Balaban J connectivity index is 1.60. The zero-order valence-corrected chi connectivity index (χ0v) is 16.0. The summed E-state index contributed by atoms with van der Waals surface area (Å²) >= 11 is 0. The third kappa shape index (κ3) is 3.93. The molecule has 2 aromatic rings. The van der Waals surface area contributed by atoms with Crippen molar-refractivity contribution in [2.75, 3.05) is 0 Å². The summed E-state index contributed by atoms with van der Waals surface area (Å²) in [4.78, 5) is 23.8. The maximum Gasteiger partial charge on any atom is 0.335 e. The Morgan fingerprint density at radius 3 is 2.42 bits per heavy atom. The van der Waals surface area contributed by atoms with E-state index in [1.54, 1.807) is 24.3 Å². The minimum atomic E-state index is -1.86. The quantitative estimate of drug-likeness (QED) is 0.456. The fraction of sp³-hybridized carbons (Fsp3) is 0.333. The topological polar surface area (TPSA) is 163 Å². The molecule has 5 N–H and O–H groups in total. The van der Waals surface area contributed by atoms with Gasteiger partial charge in [0.1, 0.15) is 47.2 Å². The molecule has 2 aliphatic rings. The second kappa shape index (κ2) is 8.16. The van der Waals surface area contributed by atoms with Gasteiger partial charge in [-0.25, -0.2) is 4.79 Å². The summed E-state index contributed by atoms with van der Waals surface area (Å²) in [6, 6.07) is 11.4. The first-order valence-corrected chi connectivity index (χ1v) is 9.47. The standard InChI is InChI=1S/C21H20O10/c22-11-6-10(29-21-18(26)16(24)17(25)19(31-21)20(27)28)7-14-15(11)12(23)8-13(30-14)9-4-2-1-3-5-9/h1-7,13,16-19,21-22,24-26H,8H2,(H,27,28). The predicted octanol–water partition coefficient (Wildman–Crippen LogP) is 0.370. The molecule has 6 unspecified atom stereocenters. The highest BCUT2D eigenvalue weighted by molar-refractivity contribution is 6.02. The average molecular weight is 432 g/mol. The first kappa shape index (κ1) is 21.1. The summed E-state index contributed by atoms with van der Waals surface area (Å²) in [6.45, 7) is 0. The van der Waals surface area contributed by atoms with Gasteiger partial charge in [0.15, 0.2) is 11.9 Å². The monoisotopic (exact) mass is 432 g/mol. The van der Waals surface area contributed by atoms with E-state index in [0.29, 0.717) is 0 Å². The van der Waals surface area contributed by atoms with Crippen LogP contribution in [0.4, 0.5) is 0 Å². The molecule has 0 radical (unpaired) electrons. The number of Topliss-reactive ketones (excluding diaryl/α,β-unsaturated/α-hetero) is 1. The maximum absolute atomic E-state index is 12.6. The molecule has 164 valence electrons. The molecule has 0 spiro atoms. The van der Waals surface area contributed by atoms with Gasteiger partial charge in [-0.2, -0.15) is 0 Å². The number of carboxylic acids is 1. The van der Waals surface area contributed by atoms with Crippen LogP contribution in [0.15, 0.2) is 42.5 Å². The van der Waals surface area contributed by atoms with Crippen LogP contribution in [0, 0.1) is 0 Å². The zero-order chi connectivity index (χ0) is 22.3. The van der Waals surface area contributed by atoms with Gasteiger partial charge >= 0.3 is 5.97 Å². The molecule has 10 nitrogen and oxygen atoms in total. The highest BCUT2D eigenvalue weighted by Crippen LogP contribution is 2.42. The lowest BCUT2D eigenvalue weighted by Crippen LogP contribution is -2.61. The van der Waals surface area contributed by atoms with E-state index in [1.807, 2.05) is 6.07 Å². The molecule has 0 aliphatic carbocycles. The third-order valence-electron chi connectivity index (χ3n) is 5.21. The first-order chi connectivity index (χ1) is 14.8. The number of rotatable bonds is 4. The van der Waals surface area contributed by atoms with E-state index >= 15 is 0 Å². The molecule has 1 saturated heterocycles. The zero-order valence-electron chi connectivity index (χ0n) is 16.0. The van der Waals surface area contributed by atoms with Crippen LogP contribution >= 0.6 is 0 Å². The van der Waals surface area contributed by atoms with Gasteiger partial charge in [-0.1, -0.05) is 30.3 Å². The largest absolute Gasteiger partial charge is 0.507 e. The Kier molecular flexibility index (Phi) is 5.54. The van der Waals surface area contributed by atoms with Crippen LogP contribution in [0.3, 0.4) is 0 Å². The van der Waals surface area contributed by atoms with Gasteiger partial charge in [-0.3, -0.25) is 4.79 Å². The SMILES string of the molecule is O=C1CC(c2ccccc2)Oc2cc(OC3OC(C(=O)O)C(O)C(O)C3O)cc(O)c21. The number of aliphatic carboxylic acids is 1. The summed E-state index contributed by atoms with van der Waals surface area (Å²) in [5.74, 6) is -2.38. The average Bonchev–Trinajstić information content (AvgIpc) is 2.74. The Bertz CT molecular complexity index is 991. The van der Waals surface area contributed by atoms with Gasteiger partial charge in [0.2, 0.25) is 6.29 Å². The normalized spacial score (nSPS) is 30.2. The number of hydrogen-bond donors (Lipinski definition) is 5. The van der Waals surface area contributed by atoms with Crippen LogP contribution < -0.4 is 9.47 Å². The lowest BCUT2D eigenvalue weighted by molar-refractivity contribution is -0.271. The summed E-state index contributed by atoms with van der Waals surface area (Å²) in [5, 5.41) is 49.2. The Hall–Kier alpha value is -3.18. The van der Waals surface area contributed by atoms with Crippen molar-refractivity contribution in [1.29, 1.82) is 0 Å². The predicted molar refractivity (Wildman–Crippen MR) is 102 cm³/mol. The van der Waals surface area contributed by atoms with Crippen molar-refractivity contribution >= 4 is 11.8 Å². The van der Waals surface area contributed by atoms with Crippen LogP contribution in [0.1, 0.15) is 28.4 Å². The van der Waals surface area contributed by atoms with Crippen molar-refractivity contribution in [2.45, 2.75) is 43.2 Å². The number of hydrogen-bond acceptors (Lipinski definition) is 9. The number of ketones is 1. The maximum atomic E-state index is 12.6. The van der Waals surface area contributed by atoms with Crippen molar-refractivity contribution in [1.82, 2.24) is 0 Å². The number of phenolic OH excluding ortho intramolecular Hbond substituents is 1. The number of aliphatic hydroxyl groups excluding tert-OH is 3. The van der Waals surface area contributed by atoms with Crippen molar-refractivity contribution in [2.24, 2.45) is 0 Å². The fourth-order valence-electron chi connectivity index (χ4n) is 3.62. The Labute approximate surface area is 175 Å². The number of carbonyl (C=O) groups excluding carboxylic acids is 1. The number of carbonyl (C=O) groups is 2. The van der Waals surface area contributed by atoms with Gasteiger partial charge in [0.05, 0.1) is 6.42 Å². The van der Waals surface area contributed by atoms with Gasteiger partial charge in [0, 0.05) is 12.1 Å². The van der Waals surface area contributed by atoms with Gasteiger partial charge < -0.3 is 39.7 Å². The van der Waals surface area contributed by atoms with Crippen LogP contribution in [0.2, 0.25) is 0 Å². The molecule has 0 bridgehead atoms. The summed E-state index contributed by atoms with van der Waals surface area (Å²) in [7, 11) is 0. The Morgan fingerprint density at radius 1 is 1.03 bits per heavy atom. The van der Waals surface area contributed by atoms with E-state index in [4.69, 9.17) is 19.3 Å². The number of ether oxygens (including phenoxy) is 3. The van der Waals surface area contributed by atoms with E-state index in [2.05, 4.69) is 0 Å². The molecule has 4 rings (SSSR count). The molecular formula is C21H20O10. The Morgan fingerprint density at radius 2 is 1.74 bits per heavy atom. The minimum Gasteiger partial charge on any atom is -0.507 e. The van der Waals surface area contributed by atoms with Crippen LogP contribution in [-0.4, -0.2) is 68.0 Å². The van der Waals surface area contributed by atoms with E-state index in [0.717, 1.165) is 11.6 Å². The second-order valence-corrected chi connectivity index (χ2v) is 7.31. The smallest absolute Gasteiger partial charge is 0.335 e. The lowest BCUT2D eigenvalue weighted by atomic mass is 9.95. The fourth-order valence-corrected chi connectivity index (χ4v) is 3.62. The third-order valence-corrected chi connectivity index (χ3v) is 5.21. The number of carboxylic acid groups (broad SMARTS) is 1. The summed E-state index contributed by atoms with van der Waals surface area (Å²) in [5.41, 5.74) is 0.739. The number of fused-ring (bicyclic) bond motifs is 1. The van der Waals surface area contributed by atoms with E-state index < -0.39 is 48.5 Å². The molecule has 0 saturated carbocycles. The highest BCUT2D eigenvalue weighted by atomic mass is 16.7. The van der Waals surface area contributed by atoms with Gasteiger partial charge in [-0.15, -0.1) is 0 Å². The molecule has 1 fully saturated rings. The summed E-state index contributed by atoms with van der Waals surface area (Å²) in [6.07, 6.45) is -9.54. The van der Waals surface area contributed by atoms with Crippen molar-refractivity contribution in [3.63, 3.8) is 0 Å². The van der Waals surface area contributed by atoms with E-state index in [1.165, 1.54) is 6.07 Å². The number of phenols is 1. The number of benzene rings is 2. The molecule has 6 atom stereocenters.